The molecule has 10 heteroatoms. The number of amides is 2. The quantitative estimate of drug-likeness (QED) is 0.375. The van der Waals surface area contributed by atoms with Gasteiger partial charge in [-0.05, 0) is 60.6 Å². The monoisotopic (exact) mass is 583 g/mol. The Kier molecular flexibility index (Phi) is 10.8. The van der Waals surface area contributed by atoms with Crippen molar-refractivity contribution in [2.45, 2.75) is 51.5 Å². The van der Waals surface area contributed by atoms with Gasteiger partial charge in [0.15, 0.2) is 11.5 Å². The van der Waals surface area contributed by atoms with Gasteiger partial charge in [-0.1, -0.05) is 12.5 Å². The van der Waals surface area contributed by atoms with Crippen LogP contribution in [0, 0.1) is 0 Å². The second kappa shape index (κ2) is 14.5. The first-order valence-corrected chi connectivity index (χ1v) is 15.4. The van der Waals surface area contributed by atoms with E-state index < -0.39 is 0 Å². The predicted molar refractivity (Wildman–Crippen MR) is 164 cm³/mol. The van der Waals surface area contributed by atoms with Crippen molar-refractivity contribution in [1.82, 2.24) is 10.2 Å². The molecule has 2 aromatic carbocycles. The molecule has 1 fully saturated rings. The van der Waals surface area contributed by atoms with Crippen LogP contribution in [0.5, 0.6) is 17.2 Å². The van der Waals surface area contributed by atoms with Crippen molar-refractivity contribution in [3.8, 4) is 28.4 Å². The Balaban J connectivity index is 1.56. The molecule has 41 heavy (non-hydrogen) atoms. The van der Waals surface area contributed by atoms with Gasteiger partial charge in [0, 0.05) is 50.0 Å². The van der Waals surface area contributed by atoms with Crippen LogP contribution in [0.4, 0.5) is 5.69 Å². The Morgan fingerprint density at radius 3 is 2.44 bits per heavy atom. The van der Waals surface area contributed by atoms with Crippen molar-refractivity contribution in [2.75, 3.05) is 57.8 Å². The molecule has 222 valence electrons. The van der Waals surface area contributed by atoms with Gasteiger partial charge in [-0.2, -0.15) is 11.8 Å². The zero-order chi connectivity index (χ0) is 29.4. The molecule has 2 amide bonds. The molecule has 2 aromatic rings. The number of nitrogens with zero attached hydrogens (tertiary/aromatic N) is 1. The van der Waals surface area contributed by atoms with E-state index in [0.717, 1.165) is 66.1 Å². The molecule has 1 heterocycles. The number of benzene rings is 1. The van der Waals surface area contributed by atoms with Gasteiger partial charge in [-0.3, -0.25) is 14.4 Å². The summed E-state index contributed by atoms with van der Waals surface area (Å²) in [4.78, 5) is 39.9. The first-order valence-electron chi connectivity index (χ1n) is 14.2. The number of hydrogen-bond acceptors (Lipinski definition) is 8. The first kappa shape index (κ1) is 30.6. The Morgan fingerprint density at radius 2 is 1.76 bits per heavy atom. The zero-order valence-corrected chi connectivity index (χ0v) is 25.3. The van der Waals surface area contributed by atoms with Gasteiger partial charge in [0.1, 0.15) is 0 Å². The number of ether oxygens (including phenoxy) is 3. The van der Waals surface area contributed by atoms with E-state index in [1.807, 2.05) is 28.8 Å². The van der Waals surface area contributed by atoms with E-state index in [-0.39, 0.29) is 23.3 Å². The first-order chi connectivity index (χ1) is 19.9. The maximum Gasteiger partial charge on any atom is 0.222 e. The highest BCUT2D eigenvalue weighted by molar-refractivity contribution is 7.99. The predicted octanol–water partition coefficient (Wildman–Crippen LogP) is 4.41. The number of nitrogens with one attached hydrogen (secondary N) is 2. The Labute approximate surface area is 246 Å². The van der Waals surface area contributed by atoms with Crippen LogP contribution in [-0.4, -0.2) is 69.2 Å². The SMILES string of the molecule is COc1cc2c(c(OC)c1OC)-c1ccc(NCCCCCC(=O)N3CCSCC3)c(=O)cc1C(NC(C)=O)CC2. The average Bonchev–Trinajstić information content (AvgIpc) is 3.22. The Bertz CT molecular complexity index is 1310. The second-order valence-electron chi connectivity index (χ2n) is 10.3. The summed E-state index contributed by atoms with van der Waals surface area (Å²) in [6.45, 7) is 3.81. The third-order valence-electron chi connectivity index (χ3n) is 7.66. The minimum Gasteiger partial charge on any atom is -0.493 e. The molecule has 0 saturated carbocycles. The molecule has 1 saturated heterocycles. The van der Waals surface area contributed by atoms with E-state index in [9.17, 15) is 14.4 Å². The van der Waals surface area contributed by atoms with Gasteiger partial charge in [-0.15, -0.1) is 0 Å². The summed E-state index contributed by atoms with van der Waals surface area (Å²) in [5, 5.41) is 6.33. The molecule has 0 bridgehead atoms. The van der Waals surface area contributed by atoms with Crippen LogP contribution in [-0.2, 0) is 16.0 Å². The van der Waals surface area contributed by atoms with Gasteiger partial charge >= 0.3 is 0 Å². The number of carbonyl (C=O) groups excluding carboxylic acids is 2. The smallest absolute Gasteiger partial charge is 0.222 e. The van der Waals surface area contributed by atoms with Crippen molar-refractivity contribution in [1.29, 1.82) is 0 Å². The Morgan fingerprint density at radius 1 is 1.00 bits per heavy atom. The highest BCUT2D eigenvalue weighted by Crippen LogP contribution is 2.50. The van der Waals surface area contributed by atoms with Gasteiger partial charge in [-0.25, -0.2) is 0 Å². The van der Waals surface area contributed by atoms with Crippen molar-refractivity contribution < 1.29 is 23.8 Å². The lowest BCUT2D eigenvalue weighted by atomic mass is 9.95. The third-order valence-corrected chi connectivity index (χ3v) is 8.61. The molecule has 4 rings (SSSR count). The molecule has 0 aromatic heterocycles. The number of methoxy groups -OCH3 is 3. The lowest BCUT2D eigenvalue weighted by Gasteiger charge is -2.26. The number of thioether (sulfide) groups is 1. The van der Waals surface area contributed by atoms with Gasteiger partial charge in [0.25, 0.3) is 0 Å². The summed E-state index contributed by atoms with van der Waals surface area (Å²) in [6, 6.07) is 6.94. The van der Waals surface area contributed by atoms with Crippen LogP contribution < -0.4 is 30.3 Å². The lowest BCUT2D eigenvalue weighted by molar-refractivity contribution is -0.131. The van der Waals surface area contributed by atoms with Crippen LogP contribution in [0.2, 0.25) is 0 Å². The van der Waals surface area contributed by atoms with Crippen LogP contribution >= 0.6 is 11.8 Å². The van der Waals surface area contributed by atoms with Crippen molar-refractivity contribution in [2.24, 2.45) is 0 Å². The zero-order valence-electron chi connectivity index (χ0n) is 24.5. The number of rotatable bonds is 11. The topological polar surface area (TPSA) is 106 Å². The second-order valence-corrected chi connectivity index (χ2v) is 11.6. The van der Waals surface area contributed by atoms with Crippen LogP contribution in [0.15, 0.2) is 29.1 Å². The van der Waals surface area contributed by atoms with Gasteiger partial charge in [0.05, 0.1) is 33.1 Å². The molecule has 1 unspecified atom stereocenters. The minimum atomic E-state index is -0.347. The molecule has 9 nitrogen and oxygen atoms in total. The van der Waals surface area contributed by atoms with E-state index in [1.54, 1.807) is 33.5 Å². The number of fused-ring (bicyclic) bond motifs is 3. The summed E-state index contributed by atoms with van der Waals surface area (Å²) in [7, 11) is 4.74. The fourth-order valence-electron chi connectivity index (χ4n) is 5.63. The molecule has 0 spiro atoms. The number of hydrogen-bond donors (Lipinski definition) is 2. The van der Waals surface area contributed by atoms with E-state index in [4.69, 9.17) is 14.2 Å². The Hall–Kier alpha value is -3.40. The van der Waals surface area contributed by atoms with Crippen LogP contribution in [0.25, 0.3) is 11.1 Å². The molecule has 0 radical (unpaired) electrons. The van der Waals surface area contributed by atoms with Crippen molar-refractivity contribution in [3.05, 3.63) is 45.6 Å². The maximum absolute atomic E-state index is 13.4. The number of unbranched alkanes of at least 4 members (excludes halogenated alkanes) is 2. The fraction of sp³-hybridized carbons (Fsp3) is 0.516. The number of aryl methyl sites for hydroxylation is 1. The van der Waals surface area contributed by atoms with E-state index in [2.05, 4.69) is 10.6 Å². The van der Waals surface area contributed by atoms with Gasteiger partial charge in [0.2, 0.25) is 23.0 Å². The number of carbonyl (C=O) groups is 2. The summed E-state index contributed by atoms with van der Waals surface area (Å²) in [5.74, 6) is 3.69. The molecule has 1 aliphatic carbocycles. The average molecular weight is 584 g/mol. The standard InChI is InChI=1S/C31H41N3O6S/c1-20(35)33-24-11-9-21-18-27(38-2)30(39-3)31(40-4)29(21)22-10-12-25(26(36)19-23(22)24)32-13-7-5-6-8-28(37)34-14-16-41-17-15-34/h10,12,18-19,24H,5-9,11,13-17H2,1-4H3,(H,32,36)(H,33,35). The lowest BCUT2D eigenvalue weighted by Crippen LogP contribution is -2.37. The summed E-state index contributed by atoms with van der Waals surface area (Å²) < 4.78 is 17.1. The molecule has 1 atom stereocenters. The van der Waals surface area contributed by atoms with E-state index >= 15 is 0 Å². The van der Waals surface area contributed by atoms with Gasteiger partial charge < -0.3 is 29.7 Å². The van der Waals surface area contributed by atoms with E-state index in [0.29, 0.717) is 48.7 Å². The highest BCUT2D eigenvalue weighted by atomic mass is 32.2. The fourth-order valence-corrected chi connectivity index (χ4v) is 6.53. The molecule has 2 aliphatic rings. The molecular formula is C31H41N3O6S. The highest BCUT2D eigenvalue weighted by Gasteiger charge is 2.29. The van der Waals surface area contributed by atoms with E-state index in [1.165, 1.54) is 6.92 Å². The summed E-state index contributed by atoms with van der Waals surface area (Å²) in [6.07, 6.45) is 4.42. The van der Waals surface area contributed by atoms with Crippen molar-refractivity contribution >= 4 is 29.3 Å². The third kappa shape index (κ3) is 7.28. The molecule has 1 aliphatic heterocycles. The van der Waals surface area contributed by atoms with Crippen LogP contribution in [0.3, 0.4) is 0 Å². The maximum atomic E-state index is 13.4. The molecule has 2 N–H and O–H groups in total. The summed E-state index contributed by atoms with van der Waals surface area (Å²) >= 11 is 1.90. The minimum absolute atomic E-state index is 0.150. The number of anilines is 1. The van der Waals surface area contributed by atoms with Crippen LogP contribution in [0.1, 0.15) is 56.2 Å². The largest absolute Gasteiger partial charge is 0.493 e. The summed E-state index contributed by atoms with van der Waals surface area (Å²) in [5.41, 5.74) is 3.68. The molecular weight excluding hydrogens is 542 g/mol. The normalized spacial score (nSPS) is 16.1. The van der Waals surface area contributed by atoms with Crippen molar-refractivity contribution in [3.63, 3.8) is 0 Å².